The molecule has 120 valence electrons. The van der Waals surface area contributed by atoms with Crippen LogP contribution in [0, 0.1) is 0 Å². The zero-order valence-corrected chi connectivity index (χ0v) is 11.4. The number of hydrogen-bond donors (Lipinski definition) is 5. The van der Waals surface area contributed by atoms with E-state index in [2.05, 4.69) is 0 Å². The maximum Gasteiger partial charge on any atom is 0.335 e. The third kappa shape index (κ3) is 13.2. The Morgan fingerprint density at radius 2 is 1.40 bits per heavy atom. The smallest absolute Gasteiger partial charge is 0.335 e. The van der Waals surface area contributed by atoms with Crippen molar-refractivity contribution >= 4 is 11.9 Å². The van der Waals surface area contributed by atoms with Crippen LogP contribution < -0.4 is 0 Å². The highest BCUT2D eigenvalue weighted by Gasteiger charge is 2.29. The van der Waals surface area contributed by atoms with Crippen LogP contribution in [0.3, 0.4) is 0 Å². The number of rotatable bonds is 9. The quantitative estimate of drug-likeness (QED) is 0.313. The Labute approximate surface area is 116 Å². The number of carbonyl (C=O) groups is 2. The Morgan fingerprint density at radius 3 is 1.70 bits per heavy atom. The fourth-order valence-electron chi connectivity index (χ4n) is 0.779. The number of ether oxygens (including phenoxy) is 2. The first kappa shape index (κ1) is 21.0. The first-order valence-electron chi connectivity index (χ1n) is 5.86. The van der Waals surface area contributed by atoms with Gasteiger partial charge in [0.2, 0.25) is 0 Å². The summed E-state index contributed by atoms with van der Waals surface area (Å²) in [4.78, 5) is 19.5. The zero-order chi connectivity index (χ0) is 16.1. The average Bonchev–Trinajstić information content (AvgIpc) is 2.36. The normalized spacial score (nSPS) is 13.3. The lowest BCUT2D eigenvalue weighted by Gasteiger charge is -2.07. The Hall–Kier alpha value is -1.26. The summed E-state index contributed by atoms with van der Waals surface area (Å²) < 4.78 is 10.1. The van der Waals surface area contributed by atoms with Crippen molar-refractivity contribution in [3.63, 3.8) is 0 Å². The van der Waals surface area contributed by atoms with Crippen molar-refractivity contribution in [2.75, 3.05) is 26.4 Å². The van der Waals surface area contributed by atoms with Crippen molar-refractivity contribution in [2.45, 2.75) is 32.2 Å². The van der Waals surface area contributed by atoms with Gasteiger partial charge >= 0.3 is 11.9 Å². The molecule has 0 aliphatic rings. The molecule has 9 heteroatoms. The molecule has 0 rings (SSSR count). The van der Waals surface area contributed by atoms with Crippen LogP contribution in [0.4, 0.5) is 0 Å². The lowest BCUT2D eigenvalue weighted by molar-refractivity contribution is -0.165. The van der Waals surface area contributed by atoms with Crippen molar-refractivity contribution < 1.29 is 44.6 Å². The summed E-state index contributed by atoms with van der Waals surface area (Å²) in [7, 11) is 0. The second kappa shape index (κ2) is 12.8. The number of carboxylic acid groups (broad SMARTS) is 2. The molecular weight excluding hydrogens is 276 g/mol. The molecule has 0 aliphatic carbocycles. The maximum absolute atomic E-state index is 9.77. The number of aliphatic hydroxyl groups is 3. The molecule has 0 bridgehead atoms. The van der Waals surface area contributed by atoms with E-state index in [4.69, 9.17) is 35.0 Å². The molecule has 2 unspecified atom stereocenters. The van der Waals surface area contributed by atoms with Gasteiger partial charge in [-0.3, -0.25) is 0 Å². The standard InChI is InChI=1S/C7H16O3.C4H6O6/c1-7(2)10-6-5-9-4-3-8;5-1(3(7)8)2(6)4(9)10/h7-8H,3-6H2,1-2H3;1-2,5-6H,(H,7,8)(H,9,10). The molecule has 0 fully saturated rings. The molecule has 0 heterocycles. The molecular formula is C11H22O9. The molecule has 2 atom stereocenters. The summed E-state index contributed by atoms with van der Waals surface area (Å²) in [5.41, 5.74) is 0. The van der Waals surface area contributed by atoms with Crippen molar-refractivity contribution in [2.24, 2.45) is 0 Å². The van der Waals surface area contributed by atoms with Crippen LogP contribution in [-0.2, 0) is 19.1 Å². The second-order valence-electron chi connectivity index (χ2n) is 3.82. The molecule has 0 saturated heterocycles. The summed E-state index contributed by atoms with van der Waals surface area (Å²) in [6, 6.07) is 0. The summed E-state index contributed by atoms with van der Waals surface area (Å²) in [5, 5.41) is 40.8. The van der Waals surface area contributed by atoms with E-state index in [-0.39, 0.29) is 12.7 Å². The van der Waals surface area contributed by atoms with Crippen molar-refractivity contribution in [3.05, 3.63) is 0 Å². The molecule has 0 aromatic rings. The van der Waals surface area contributed by atoms with Gasteiger partial charge in [0.25, 0.3) is 0 Å². The summed E-state index contributed by atoms with van der Waals surface area (Å²) >= 11 is 0. The Kier molecular flexibility index (Phi) is 13.4. The highest BCUT2D eigenvalue weighted by molar-refractivity contribution is 5.83. The molecule has 0 aromatic carbocycles. The van der Waals surface area contributed by atoms with Gasteiger partial charge in [0.05, 0.1) is 32.5 Å². The van der Waals surface area contributed by atoms with Gasteiger partial charge in [-0.05, 0) is 13.8 Å². The Balaban J connectivity index is 0. The molecule has 0 saturated carbocycles. The number of aliphatic hydroxyl groups excluding tert-OH is 3. The van der Waals surface area contributed by atoms with E-state index in [9.17, 15) is 9.59 Å². The minimum atomic E-state index is -2.27. The molecule has 0 spiro atoms. The van der Waals surface area contributed by atoms with E-state index in [1.165, 1.54) is 0 Å². The van der Waals surface area contributed by atoms with Crippen LogP contribution in [0.25, 0.3) is 0 Å². The fourth-order valence-corrected chi connectivity index (χ4v) is 0.779. The zero-order valence-electron chi connectivity index (χ0n) is 11.4. The topological polar surface area (TPSA) is 154 Å². The average molecular weight is 298 g/mol. The van der Waals surface area contributed by atoms with E-state index < -0.39 is 24.1 Å². The van der Waals surface area contributed by atoms with Crippen molar-refractivity contribution in [3.8, 4) is 0 Å². The van der Waals surface area contributed by atoms with Gasteiger partial charge in [-0.1, -0.05) is 0 Å². The lowest BCUT2D eigenvalue weighted by Crippen LogP contribution is -2.39. The van der Waals surface area contributed by atoms with Gasteiger partial charge in [-0.2, -0.15) is 0 Å². The van der Waals surface area contributed by atoms with Gasteiger partial charge in [-0.15, -0.1) is 0 Å². The monoisotopic (exact) mass is 298 g/mol. The van der Waals surface area contributed by atoms with Crippen molar-refractivity contribution in [1.29, 1.82) is 0 Å². The Bertz CT molecular complexity index is 249. The fraction of sp³-hybridized carbons (Fsp3) is 0.818. The molecule has 0 radical (unpaired) electrons. The number of aliphatic carboxylic acids is 2. The molecule has 0 aliphatic heterocycles. The van der Waals surface area contributed by atoms with Crippen molar-refractivity contribution in [1.82, 2.24) is 0 Å². The van der Waals surface area contributed by atoms with E-state index >= 15 is 0 Å². The number of carboxylic acids is 2. The molecule has 20 heavy (non-hydrogen) atoms. The molecule has 0 amide bonds. The van der Waals surface area contributed by atoms with E-state index in [0.29, 0.717) is 19.8 Å². The van der Waals surface area contributed by atoms with Crippen LogP contribution >= 0.6 is 0 Å². The predicted molar refractivity (Wildman–Crippen MR) is 66.3 cm³/mol. The predicted octanol–water partition coefficient (Wildman–Crippen LogP) is -1.70. The van der Waals surface area contributed by atoms with Crippen LogP contribution in [0.1, 0.15) is 13.8 Å². The largest absolute Gasteiger partial charge is 0.479 e. The highest BCUT2D eigenvalue weighted by Crippen LogP contribution is 1.92. The van der Waals surface area contributed by atoms with E-state index in [1.807, 2.05) is 13.8 Å². The summed E-state index contributed by atoms with van der Waals surface area (Å²) in [6.45, 7) is 5.62. The second-order valence-corrected chi connectivity index (χ2v) is 3.82. The van der Waals surface area contributed by atoms with E-state index in [1.54, 1.807) is 0 Å². The first-order valence-corrected chi connectivity index (χ1v) is 5.86. The first-order chi connectivity index (χ1) is 9.23. The van der Waals surface area contributed by atoms with E-state index in [0.717, 1.165) is 0 Å². The highest BCUT2D eigenvalue weighted by atomic mass is 16.5. The van der Waals surface area contributed by atoms with Gasteiger partial charge in [0, 0.05) is 0 Å². The Morgan fingerprint density at radius 1 is 0.950 bits per heavy atom. The third-order valence-electron chi connectivity index (χ3n) is 1.72. The molecule has 9 nitrogen and oxygen atoms in total. The number of hydrogen-bond acceptors (Lipinski definition) is 7. The van der Waals surface area contributed by atoms with Gasteiger partial charge < -0.3 is 35.0 Å². The third-order valence-corrected chi connectivity index (χ3v) is 1.72. The van der Waals surface area contributed by atoms with Gasteiger partial charge in [-0.25, -0.2) is 9.59 Å². The van der Waals surface area contributed by atoms with Crippen LogP contribution in [-0.4, -0.2) is 82.2 Å². The lowest BCUT2D eigenvalue weighted by atomic mass is 10.2. The minimum absolute atomic E-state index is 0.0850. The summed E-state index contributed by atoms with van der Waals surface area (Å²) in [5.74, 6) is -3.54. The van der Waals surface area contributed by atoms with Crippen LogP contribution in [0.2, 0.25) is 0 Å². The SMILES string of the molecule is CC(C)OCCOCCO.O=C(O)C(O)C(O)C(=O)O. The molecule has 5 N–H and O–H groups in total. The summed E-state index contributed by atoms with van der Waals surface area (Å²) in [6.07, 6.45) is -4.27. The molecule has 0 aromatic heterocycles. The minimum Gasteiger partial charge on any atom is -0.479 e. The van der Waals surface area contributed by atoms with Crippen LogP contribution in [0.5, 0.6) is 0 Å². The maximum atomic E-state index is 9.77. The van der Waals surface area contributed by atoms with Crippen LogP contribution in [0.15, 0.2) is 0 Å². The van der Waals surface area contributed by atoms with Gasteiger partial charge in [0.15, 0.2) is 12.2 Å². The van der Waals surface area contributed by atoms with Gasteiger partial charge in [0.1, 0.15) is 0 Å².